The number of para-hydroxylation sites is 1. The molecule has 0 aliphatic rings. The van der Waals surface area contributed by atoms with E-state index in [1.54, 1.807) is 0 Å². The molecular weight excluding hydrogens is 288 g/mol. The van der Waals surface area contributed by atoms with Gasteiger partial charge < -0.3 is 9.55 Å². The Labute approximate surface area is 128 Å². The number of aromatic nitrogens is 2. The van der Waals surface area contributed by atoms with Crippen molar-refractivity contribution in [2.75, 3.05) is 0 Å². The van der Waals surface area contributed by atoms with Crippen LogP contribution in [0, 0.1) is 11.7 Å². The topological polar surface area (TPSA) is 20.7 Å². The summed E-state index contributed by atoms with van der Waals surface area (Å²) >= 11 is 11.7. The highest BCUT2D eigenvalue weighted by Crippen LogP contribution is 2.29. The highest BCUT2D eigenvalue weighted by molar-refractivity contribution is 7.71. The quantitative estimate of drug-likeness (QED) is 0.640. The Morgan fingerprint density at radius 2 is 1.90 bits per heavy atom. The lowest BCUT2D eigenvalue weighted by molar-refractivity contribution is 0.645. The Balaban J connectivity index is 2.25. The largest absolute Gasteiger partial charge is 0.329 e. The minimum Gasteiger partial charge on any atom is -0.329 e. The highest BCUT2D eigenvalue weighted by atomic mass is 35.5. The molecule has 2 aromatic carbocycles. The predicted octanol–water partition coefficient (Wildman–Crippen LogP) is 5.27. The molecule has 1 aromatic heterocycles. The molecule has 0 aliphatic carbocycles. The first-order chi connectivity index (χ1) is 9.59. The molecule has 0 aliphatic heterocycles. The molecule has 102 valence electrons. The monoisotopic (exact) mass is 302 g/mol. The van der Waals surface area contributed by atoms with Gasteiger partial charge in [-0.3, -0.25) is 0 Å². The van der Waals surface area contributed by atoms with Gasteiger partial charge in [-0.05, 0) is 49.3 Å². The number of nitrogens with zero attached hydrogens (tertiary/aromatic N) is 1. The van der Waals surface area contributed by atoms with Crippen molar-refractivity contribution in [2.45, 2.75) is 19.9 Å². The maximum Gasteiger partial charge on any atom is 0.178 e. The molecule has 0 saturated heterocycles. The molecule has 1 heterocycles. The second-order valence-corrected chi connectivity index (χ2v) is 5.76. The van der Waals surface area contributed by atoms with Crippen LogP contribution < -0.4 is 0 Å². The molecule has 0 bridgehead atoms. The normalized spacial score (nSPS) is 12.8. The zero-order chi connectivity index (χ0) is 14.3. The molecule has 1 N–H and O–H groups in total. The number of hydrogen-bond donors (Lipinski definition) is 1. The third-order valence-electron chi connectivity index (χ3n) is 3.73. The summed E-state index contributed by atoms with van der Waals surface area (Å²) < 4.78 is 2.82. The fraction of sp³-hybridized carbons (Fsp3) is 0.188. The van der Waals surface area contributed by atoms with Crippen molar-refractivity contribution < 1.29 is 0 Å². The van der Waals surface area contributed by atoms with Crippen LogP contribution in [-0.2, 0) is 0 Å². The van der Waals surface area contributed by atoms with Gasteiger partial charge in [0.2, 0.25) is 0 Å². The van der Waals surface area contributed by atoms with Gasteiger partial charge in [-0.15, -0.1) is 0 Å². The van der Waals surface area contributed by atoms with Crippen LogP contribution in [0.25, 0.3) is 11.0 Å². The number of H-pyrrole nitrogens is 1. The van der Waals surface area contributed by atoms with Crippen LogP contribution in [-0.4, -0.2) is 9.55 Å². The van der Waals surface area contributed by atoms with Crippen LogP contribution in [0.15, 0.2) is 42.5 Å². The summed E-state index contributed by atoms with van der Waals surface area (Å²) in [5.41, 5.74) is 4.47. The van der Waals surface area contributed by atoms with Gasteiger partial charge in [0, 0.05) is 0 Å². The molecule has 20 heavy (non-hydrogen) atoms. The van der Waals surface area contributed by atoms with Crippen LogP contribution in [0.1, 0.15) is 24.1 Å². The molecule has 4 heteroatoms. The number of nitrogens with one attached hydrogen (secondary N) is 1. The van der Waals surface area contributed by atoms with Crippen molar-refractivity contribution >= 4 is 34.9 Å². The van der Waals surface area contributed by atoms with Gasteiger partial charge in [0.15, 0.2) is 4.77 Å². The minimum atomic E-state index is 0.163. The van der Waals surface area contributed by atoms with Gasteiger partial charge in [-0.2, -0.15) is 0 Å². The van der Waals surface area contributed by atoms with Crippen molar-refractivity contribution in [3.05, 3.63) is 63.4 Å². The predicted molar refractivity (Wildman–Crippen MR) is 87.1 cm³/mol. The van der Waals surface area contributed by atoms with Crippen molar-refractivity contribution in [1.29, 1.82) is 0 Å². The van der Waals surface area contributed by atoms with Crippen LogP contribution in [0.5, 0.6) is 0 Å². The summed E-state index contributed by atoms with van der Waals surface area (Å²) in [4.78, 5) is 3.21. The van der Waals surface area contributed by atoms with Gasteiger partial charge >= 0.3 is 0 Å². The molecule has 0 saturated carbocycles. The first-order valence-electron chi connectivity index (χ1n) is 6.54. The van der Waals surface area contributed by atoms with E-state index in [9.17, 15) is 0 Å². The third kappa shape index (κ3) is 2.07. The first kappa shape index (κ1) is 13.4. The standard InChI is InChI=1S/C16H15ClN2S/c1-10-6-3-4-7-12(10)11(2)19-14-9-5-8-13(17)15(14)18-16(19)20/h3-9,11H,1-2H3,(H,18,20). The fourth-order valence-electron chi connectivity index (χ4n) is 2.69. The van der Waals surface area contributed by atoms with Crippen molar-refractivity contribution in [2.24, 2.45) is 0 Å². The van der Waals surface area contributed by atoms with Gasteiger partial charge in [0.05, 0.1) is 22.1 Å². The average molecular weight is 303 g/mol. The maximum absolute atomic E-state index is 6.23. The second-order valence-electron chi connectivity index (χ2n) is 4.97. The van der Waals surface area contributed by atoms with Crippen LogP contribution in [0.3, 0.4) is 0 Å². The summed E-state index contributed by atoms with van der Waals surface area (Å²) in [7, 11) is 0. The van der Waals surface area contributed by atoms with E-state index in [-0.39, 0.29) is 6.04 Å². The Kier molecular flexibility index (Phi) is 3.40. The Hall–Kier alpha value is -1.58. The lowest BCUT2D eigenvalue weighted by atomic mass is 10.0. The van der Waals surface area contributed by atoms with Crippen LogP contribution in [0.2, 0.25) is 5.02 Å². The fourth-order valence-corrected chi connectivity index (χ4v) is 3.27. The number of rotatable bonds is 2. The second kappa shape index (κ2) is 5.08. The summed E-state index contributed by atoms with van der Waals surface area (Å²) in [5, 5.41) is 0.698. The molecule has 2 nitrogen and oxygen atoms in total. The average Bonchev–Trinajstić information content (AvgIpc) is 2.76. The molecular formula is C16H15ClN2S. The number of aromatic amines is 1. The Morgan fingerprint density at radius 3 is 2.65 bits per heavy atom. The van der Waals surface area contributed by atoms with E-state index in [1.165, 1.54) is 11.1 Å². The molecule has 0 radical (unpaired) electrons. The van der Waals surface area contributed by atoms with Gasteiger partial charge in [-0.25, -0.2) is 0 Å². The highest BCUT2D eigenvalue weighted by Gasteiger charge is 2.15. The molecule has 0 fully saturated rings. The number of aryl methyl sites for hydroxylation is 1. The van der Waals surface area contributed by atoms with Crippen molar-refractivity contribution in [3.8, 4) is 0 Å². The first-order valence-corrected chi connectivity index (χ1v) is 7.32. The van der Waals surface area contributed by atoms with Gasteiger partial charge in [0.25, 0.3) is 0 Å². The molecule has 3 aromatic rings. The van der Waals surface area contributed by atoms with Gasteiger partial charge in [-0.1, -0.05) is 41.9 Å². The lowest BCUT2D eigenvalue weighted by Gasteiger charge is -2.17. The van der Waals surface area contributed by atoms with E-state index in [0.717, 1.165) is 11.0 Å². The van der Waals surface area contributed by atoms with Crippen molar-refractivity contribution in [3.63, 3.8) is 0 Å². The zero-order valence-corrected chi connectivity index (χ0v) is 12.9. The van der Waals surface area contributed by atoms with E-state index >= 15 is 0 Å². The molecule has 0 amide bonds. The van der Waals surface area contributed by atoms with Crippen LogP contribution in [0.4, 0.5) is 0 Å². The van der Waals surface area contributed by atoms with E-state index < -0.39 is 0 Å². The molecule has 3 rings (SSSR count). The maximum atomic E-state index is 6.23. The number of imidazole rings is 1. The Morgan fingerprint density at radius 1 is 1.15 bits per heavy atom. The van der Waals surface area contributed by atoms with Crippen LogP contribution >= 0.6 is 23.8 Å². The third-order valence-corrected chi connectivity index (χ3v) is 4.34. The van der Waals surface area contributed by atoms with E-state index in [4.69, 9.17) is 23.8 Å². The summed E-state index contributed by atoms with van der Waals surface area (Å²) in [6.45, 7) is 4.28. The molecule has 1 atom stereocenters. The van der Waals surface area contributed by atoms with E-state index in [1.807, 2.05) is 18.2 Å². The Bertz CT molecular complexity index is 832. The number of halogens is 1. The van der Waals surface area contributed by atoms with Crippen molar-refractivity contribution in [1.82, 2.24) is 9.55 Å². The number of hydrogen-bond acceptors (Lipinski definition) is 1. The van der Waals surface area contributed by atoms with Gasteiger partial charge in [0.1, 0.15) is 0 Å². The van der Waals surface area contributed by atoms with E-state index in [2.05, 4.69) is 47.7 Å². The summed E-state index contributed by atoms with van der Waals surface area (Å²) in [6.07, 6.45) is 0. The molecule has 1 unspecified atom stereocenters. The summed E-state index contributed by atoms with van der Waals surface area (Å²) in [6, 6.07) is 14.4. The summed E-state index contributed by atoms with van der Waals surface area (Å²) in [5.74, 6) is 0. The number of fused-ring (bicyclic) bond motifs is 1. The smallest absolute Gasteiger partial charge is 0.178 e. The number of benzene rings is 2. The minimum absolute atomic E-state index is 0.163. The zero-order valence-electron chi connectivity index (χ0n) is 11.4. The lowest BCUT2D eigenvalue weighted by Crippen LogP contribution is -2.08. The SMILES string of the molecule is Cc1ccccc1C(C)n1c(=S)[nH]c2c(Cl)cccc21. The molecule has 0 spiro atoms. The van der Waals surface area contributed by atoms with E-state index in [0.29, 0.717) is 9.79 Å².